The highest BCUT2D eigenvalue weighted by Gasteiger charge is 2.31. The second-order valence-electron chi connectivity index (χ2n) is 10.2. The van der Waals surface area contributed by atoms with E-state index in [2.05, 4.69) is 19.2 Å². The van der Waals surface area contributed by atoms with Gasteiger partial charge in [0.05, 0.1) is 22.2 Å². The number of hydrogen-bond donors (Lipinski definition) is 3. The van der Waals surface area contributed by atoms with Gasteiger partial charge in [-0.3, -0.25) is 24.3 Å². The molecule has 1 unspecified atom stereocenters. The lowest BCUT2D eigenvalue weighted by atomic mass is 9.96. The first-order valence-electron chi connectivity index (χ1n) is 13.4. The van der Waals surface area contributed by atoms with E-state index in [0.717, 1.165) is 35.2 Å². The van der Waals surface area contributed by atoms with Crippen LogP contribution < -0.4 is 16.2 Å². The average Bonchev–Trinajstić information content (AvgIpc) is 3.41. The van der Waals surface area contributed by atoms with Crippen LogP contribution in [0.3, 0.4) is 0 Å². The third-order valence-corrected chi connectivity index (χ3v) is 7.96. The van der Waals surface area contributed by atoms with Gasteiger partial charge in [-0.1, -0.05) is 13.8 Å². The minimum absolute atomic E-state index is 0.142. The minimum Gasteiger partial charge on any atom is -0.478 e. The van der Waals surface area contributed by atoms with Crippen LogP contribution in [0.25, 0.3) is 11.7 Å². The number of aliphatic carboxylic acids is 1. The van der Waals surface area contributed by atoms with Gasteiger partial charge in [0.1, 0.15) is 11.5 Å². The van der Waals surface area contributed by atoms with E-state index in [1.807, 2.05) is 17.0 Å². The van der Waals surface area contributed by atoms with Crippen LogP contribution in [-0.4, -0.2) is 61.8 Å². The van der Waals surface area contributed by atoms with Crippen molar-refractivity contribution in [1.82, 2.24) is 19.3 Å². The number of carboxylic acids is 1. The number of nitrogens with two attached hydrogens (primary N) is 1. The molecular weight excluding hydrogens is 530 g/mol. The van der Waals surface area contributed by atoms with Crippen molar-refractivity contribution >= 4 is 46.7 Å². The first-order valence-corrected chi connectivity index (χ1v) is 14.3. The highest BCUT2D eigenvalue weighted by molar-refractivity contribution is 7.09. The van der Waals surface area contributed by atoms with Crippen molar-refractivity contribution < 1.29 is 14.7 Å². The van der Waals surface area contributed by atoms with E-state index in [1.165, 1.54) is 15.4 Å². The molecule has 0 spiro atoms. The summed E-state index contributed by atoms with van der Waals surface area (Å²) in [5.74, 6) is -1.45. The number of pyridine rings is 1. The number of carbonyl (C=O) groups is 2. The quantitative estimate of drug-likeness (QED) is 0.203. The number of carbonyl (C=O) groups excluding carboxylic acids is 1. The molecule has 1 fully saturated rings. The van der Waals surface area contributed by atoms with E-state index in [4.69, 9.17) is 21.1 Å². The van der Waals surface area contributed by atoms with Crippen LogP contribution >= 0.6 is 11.3 Å². The van der Waals surface area contributed by atoms with Gasteiger partial charge in [-0.2, -0.15) is 0 Å². The van der Waals surface area contributed by atoms with E-state index in [1.54, 1.807) is 24.5 Å². The molecule has 3 aromatic rings. The molecular formula is C28H35N7O4S. The van der Waals surface area contributed by atoms with Crippen molar-refractivity contribution in [3.05, 3.63) is 62.0 Å². The van der Waals surface area contributed by atoms with Crippen LogP contribution in [0.4, 0.5) is 5.82 Å². The predicted octanol–water partition coefficient (Wildman–Crippen LogP) is 3.12. The second kappa shape index (κ2) is 12.4. The van der Waals surface area contributed by atoms with Gasteiger partial charge in [0, 0.05) is 43.7 Å². The first kappa shape index (κ1) is 28.9. The summed E-state index contributed by atoms with van der Waals surface area (Å²) in [5.41, 5.74) is 7.90. The maximum Gasteiger partial charge on any atom is 0.328 e. The average molecular weight is 566 g/mol. The summed E-state index contributed by atoms with van der Waals surface area (Å²) >= 11 is 1.65. The number of nitrogens with zero attached hydrogens (tertiary/aromatic N) is 5. The molecule has 0 saturated carbocycles. The molecule has 0 aromatic carbocycles. The van der Waals surface area contributed by atoms with E-state index >= 15 is 0 Å². The zero-order valence-corrected chi connectivity index (χ0v) is 23.8. The lowest BCUT2D eigenvalue weighted by Crippen LogP contribution is -2.49. The molecule has 1 aliphatic heterocycles. The Bertz CT molecular complexity index is 1510. The van der Waals surface area contributed by atoms with Crippen LogP contribution in [0.2, 0.25) is 0 Å². The topological polar surface area (TPSA) is 158 Å². The lowest BCUT2D eigenvalue weighted by molar-refractivity contribution is -0.132. The summed E-state index contributed by atoms with van der Waals surface area (Å²) in [6, 6.07) is 3.74. The third-order valence-electron chi connectivity index (χ3n) is 7.03. The number of carboxylic acid groups (broad SMARTS) is 1. The van der Waals surface area contributed by atoms with Crippen molar-refractivity contribution in [1.29, 1.82) is 5.41 Å². The molecule has 40 heavy (non-hydrogen) atoms. The number of aryl methyl sites for hydroxylation is 2. The van der Waals surface area contributed by atoms with Crippen molar-refractivity contribution in [3.63, 3.8) is 0 Å². The minimum atomic E-state index is -1.18. The number of piperidine rings is 1. The molecule has 0 aliphatic carbocycles. The Labute approximate surface area is 236 Å². The molecule has 1 aliphatic rings. The number of fused-ring (bicyclic) bond motifs is 1. The summed E-state index contributed by atoms with van der Waals surface area (Å²) in [6.45, 7) is 7.11. The number of nitrogens with one attached hydrogen (secondary N) is 1. The fourth-order valence-electron chi connectivity index (χ4n) is 4.87. The van der Waals surface area contributed by atoms with E-state index in [0.29, 0.717) is 36.8 Å². The first-order chi connectivity index (χ1) is 19.1. The van der Waals surface area contributed by atoms with Crippen LogP contribution in [0.1, 0.15) is 61.4 Å². The van der Waals surface area contributed by atoms with Gasteiger partial charge >= 0.3 is 5.97 Å². The number of rotatable bonds is 9. The number of thiazole rings is 1. The molecule has 1 saturated heterocycles. The molecule has 1 atom stereocenters. The standard InChI is InChI=1S/C28H35N7O4S/c1-4-34(28(29)30)26(38)19-6-5-12-33(15-19)25-20(8-10-24(36)37)27(39)35-13-11-18(14-22(35)32-25)7-9-23-31-21(16-40-23)17(2)3/h8,10-11,13-14,16-17,19H,4-7,9,12,15H2,1-3H3,(H3,29,30)(H,36,37)/b10-8+. The zero-order chi connectivity index (χ0) is 29.0. The maximum atomic E-state index is 13.5. The summed E-state index contributed by atoms with van der Waals surface area (Å²) in [7, 11) is 0. The Morgan fingerprint density at radius 3 is 2.75 bits per heavy atom. The Hall–Kier alpha value is -4.06. The molecule has 0 bridgehead atoms. The fraction of sp³-hybridized carbons (Fsp3) is 0.429. The van der Waals surface area contributed by atoms with Crippen LogP contribution in [0.15, 0.2) is 34.6 Å². The summed E-state index contributed by atoms with van der Waals surface area (Å²) in [5, 5.41) is 20.1. The van der Waals surface area contributed by atoms with Gasteiger partial charge in [-0.05, 0) is 55.9 Å². The van der Waals surface area contributed by atoms with Crippen molar-refractivity contribution in [2.75, 3.05) is 24.5 Å². The molecule has 4 N–H and O–H groups in total. The SMILES string of the molecule is CCN(C(=N)N)C(=O)C1CCCN(c2nc3cc(CCc4nc(C(C)C)cs4)ccn3c(=O)c2/C=C/C(=O)O)C1. The van der Waals surface area contributed by atoms with Crippen molar-refractivity contribution in [2.45, 2.75) is 52.4 Å². The Morgan fingerprint density at radius 1 is 1.32 bits per heavy atom. The Morgan fingerprint density at radius 2 is 2.10 bits per heavy atom. The lowest BCUT2D eigenvalue weighted by Gasteiger charge is -2.35. The van der Waals surface area contributed by atoms with Crippen LogP contribution in [0.5, 0.6) is 0 Å². The highest BCUT2D eigenvalue weighted by atomic mass is 32.1. The largest absolute Gasteiger partial charge is 0.478 e. The van der Waals surface area contributed by atoms with Gasteiger partial charge < -0.3 is 15.7 Å². The van der Waals surface area contributed by atoms with E-state index < -0.39 is 17.4 Å². The molecule has 3 aromatic heterocycles. The maximum absolute atomic E-state index is 13.5. The van der Waals surface area contributed by atoms with Gasteiger partial charge in [-0.15, -0.1) is 11.3 Å². The molecule has 0 radical (unpaired) electrons. The van der Waals surface area contributed by atoms with Gasteiger partial charge in [0.2, 0.25) is 5.91 Å². The number of anilines is 1. The van der Waals surface area contributed by atoms with Crippen molar-refractivity contribution in [2.24, 2.45) is 11.7 Å². The van der Waals surface area contributed by atoms with Gasteiger partial charge in [0.15, 0.2) is 5.96 Å². The smallest absolute Gasteiger partial charge is 0.328 e. The number of amides is 1. The monoisotopic (exact) mass is 565 g/mol. The second-order valence-corrected chi connectivity index (χ2v) is 11.1. The zero-order valence-electron chi connectivity index (χ0n) is 23.0. The summed E-state index contributed by atoms with van der Waals surface area (Å²) in [4.78, 5) is 50.6. The van der Waals surface area contributed by atoms with Crippen LogP contribution in [-0.2, 0) is 22.4 Å². The number of aromatic nitrogens is 3. The Balaban J connectivity index is 1.68. The fourth-order valence-corrected chi connectivity index (χ4v) is 5.83. The van der Waals surface area contributed by atoms with Gasteiger partial charge in [-0.25, -0.2) is 14.8 Å². The predicted molar refractivity (Wildman–Crippen MR) is 156 cm³/mol. The summed E-state index contributed by atoms with van der Waals surface area (Å²) < 4.78 is 1.41. The molecule has 4 rings (SSSR count). The number of hydrogen-bond acceptors (Lipinski definition) is 8. The van der Waals surface area contributed by atoms with E-state index in [9.17, 15) is 19.5 Å². The highest BCUT2D eigenvalue weighted by Crippen LogP contribution is 2.26. The van der Waals surface area contributed by atoms with E-state index in [-0.39, 0.29) is 30.5 Å². The molecule has 4 heterocycles. The molecule has 11 nitrogen and oxygen atoms in total. The van der Waals surface area contributed by atoms with Crippen LogP contribution in [0, 0.1) is 11.3 Å². The molecule has 1 amide bonds. The molecule has 212 valence electrons. The Kier molecular flexibility index (Phi) is 8.98. The number of guanidine groups is 1. The third kappa shape index (κ3) is 6.39. The summed E-state index contributed by atoms with van der Waals surface area (Å²) in [6.07, 6.45) is 6.63. The molecule has 12 heteroatoms. The normalized spacial score (nSPS) is 15.7. The van der Waals surface area contributed by atoms with Gasteiger partial charge in [0.25, 0.3) is 5.56 Å². The van der Waals surface area contributed by atoms with Crippen molar-refractivity contribution in [3.8, 4) is 0 Å².